The molecular formula is C19H20N4O2. The van der Waals surface area contributed by atoms with Crippen LogP contribution in [0.5, 0.6) is 5.75 Å². The first-order valence-corrected chi connectivity index (χ1v) is 8.44. The third-order valence-corrected chi connectivity index (χ3v) is 4.57. The molecule has 1 saturated carbocycles. The summed E-state index contributed by atoms with van der Waals surface area (Å²) in [5.41, 5.74) is 3.83. The molecule has 0 N–H and O–H groups in total. The van der Waals surface area contributed by atoms with Gasteiger partial charge in [-0.1, -0.05) is 30.3 Å². The Balaban J connectivity index is 1.58. The first-order chi connectivity index (χ1) is 12.1. The van der Waals surface area contributed by atoms with E-state index < -0.39 is 0 Å². The first-order valence-electron chi connectivity index (χ1n) is 8.44. The minimum Gasteiger partial charge on any atom is -0.489 e. The van der Waals surface area contributed by atoms with E-state index >= 15 is 0 Å². The molecule has 0 aliphatic heterocycles. The minimum atomic E-state index is -0.280. The Morgan fingerprint density at radius 2 is 1.96 bits per heavy atom. The lowest BCUT2D eigenvalue weighted by Gasteiger charge is -2.12. The van der Waals surface area contributed by atoms with E-state index in [1.807, 2.05) is 30.3 Å². The number of para-hydroxylation sites is 1. The molecule has 1 aliphatic carbocycles. The van der Waals surface area contributed by atoms with Gasteiger partial charge in [0.2, 0.25) is 0 Å². The maximum atomic E-state index is 12.1. The van der Waals surface area contributed by atoms with Crippen molar-refractivity contribution < 1.29 is 4.74 Å². The van der Waals surface area contributed by atoms with E-state index in [1.165, 1.54) is 27.8 Å². The van der Waals surface area contributed by atoms with Crippen LogP contribution in [0.25, 0.3) is 5.69 Å². The molecule has 3 aromatic rings. The van der Waals surface area contributed by atoms with Crippen molar-refractivity contribution >= 4 is 0 Å². The molecule has 0 amide bonds. The van der Waals surface area contributed by atoms with Crippen molar-refractivity contribution in [1.29, 1.82) is 0 Å². The fourth-order valence-electron chi connectivity index (χ4n) is 2.96. The van der Waals surface area contributed by atoms with Crippen molar-refractivity contribution in [3.8, 4) is 11.4 Å². The number of rotatable bonds is 5. The Morgan fingerprint density at radius 3 is 2.64 bits per heavy atom. The molecule has 0 saturated heterocycles. The molecule has 6 heteroatoms. The zero-order chi connectivity index (χ0) is 17.4. The number of benzene rings is 2. The second-order valence-corrected chi connectivity index (χ2v) is 6.51. The molecule has 0 spiro atoms. The number of nitrogens with zero attached hydrogens (tertiary/aromatic N) is 4. The molecule has 128 valence electrons. The van der Waals surface area contributed by atoms with Crippen LogP contribution in [0.1, 0.15) is 35.4 Å². The van der Waals surface area contributed by atoms with Gasteiger partial charge in [0.25, 0.3) is 0 Å². The minimum absolute atomic E-state index is 0.280. The average molecular weight is 336 g/mol. The van der Waals surface area contributed by atoms with Gasteiger partial charge in [-0.15, -0.1) is 0 Å². The lowest BCUT2D eigenvalue weighted by Crippen LogP contribution is -2.23. The third-order valence-electron chi connectivity index (χ3n) is 4.57. The second kappa shape index (κ2) is 6.20. The van der Waals surface area contributed by atoms with E-state index in [4.69, 9.17) is 4.74 Å². The van der Waals surface area contributed by atoms with E-state index in [1.54, 1.807) is 7.05 Å². The summed E-state index contributed by atoms with van der Waals surface area (Å²) in [6.45, 7) is 2.43. The standard InChI is InChI=1S/C19H20N4O2/c1-13-11-15(14-7-8-14)9-10-18(13)25-12-16-5-3-4-6-17(16)23-19(24)22(2)20-21-23/h3-6,9-11,14H,7-8,12H2,1-2H3. The van der Waals surface area contributed by atoms with Crippen LogP contribution in [0.3, 0.4) is 0 Å². The summed E-state index contributed by atoms with van der Waals surface area (Å²) in [6, 6.07) is 14.0. The molecule has 1 aliphatic rings. The van der Waals surface area contributed by atoms with Crippen molar-refractivity contribution in [3.05, 3.63) is 69.6 Å². The van der Waals surface area contributed by atoms with Gasteiger partial charge in [0.1, 0.15) is 12.4 Å². The van der Waals surface area contributed by atoms with Gasteiger partial charge < -0.3 is 4.74 Å². The predicted octanol–water partition coefficient (Wildman–Crippen LogP) is 2.73. The third kappa shape index (κ3) is 3.07. The highest BCUT2D eigenvalue weighted by molar-refractivity contribution is 5.41. The molecule has 1 heterocycles. The van der Waals surface area contributed by atoms with Crippen molar-refractivity contribution in [1.82, 2.24) is 19.8 Å². The Bertz CT molecular complexity index is 970. The van der Waals surface area contributed by atoms with E-state index in [9.17, 15) is 4.79 Å². The maximum absolute atomic E-state index is 12.1. The average Bonchev–Trinajstić information content (AvgIpc) is 3.41. The molecule has 2 aromatic carbocycles. The van der Waals surface area contributed by atoms with Gasteiger partial charge in [-0.2, -0.15) is 9.36 Å². The van der Waals surface area contributed by atoms with Gasteiger partial charge in [0.05, 0.1) is 5.69 Å². The van der Waals surface area contributed by atoms with E-state index in [2.05, 4.69) is 29.5 Å². The van der Waals surface area contributed by atoms with Crippen molar-refractivity contribution in [3.63, 3.8) is 0 Å². The van der Waals surface area contributed by atoms with Crippen LogP contribution >= 0.6 is 0 Å². The summed E-state index contributed by atoms with van der Waals surface area (Å²) >= 11 is 0. The molecule has 0 unspecified atom stereocenters. The van der Waals surface area contributed by atoms with Crippen LogP contribution in [0.4, 0.5) is 0 Å². The Morgan fingerprint density at radius 1 is 1.16 bits per heavy atom. The monoisotopic (exact) mass is 336 g/mol. The lowest BCUT2D eigenvalue weighted by molar-refractivity contribution is 0.303. The molecular weight excluding hydrogens is 316 g/mol. The first kappa shape index (κ1) is 15.6. The summed E-state index contributed by atoms with van der Waals surface area (Å²) < 4.78 is 8.52. The largest absolute Gasteiger partial charge is 0.489 e. The Hall–Kier alpha value is -2.89. The summed E-state index contributed by atoms with van der Waals surface area (Å²) in [6.07, 6.45) is 2.58. The van der Waals surface area contributed by atoms with Crippen molar-refractivity contribution in [2.45, 2.75) is 32.3 Å². The highest BCUT2D eigenvalue weighted by Gasteiger charge is 2.23. The number of tetrazole rings is 1. The van der Waals surface area contributed by atoms with Gasteiger partial charge in [-0.05, 0) is 59.4 Å². The number of hydrogen-bond acceptors (Lipinski definition) is 4. The van der Waals surface area contributed by atoms with Crippen LogP contribution in [0.2, 0.25) is 0 Å². The topological polar surface area (TPSA) is 61.9 Å². The van der Waals surface area contributed by atoms with Crippen LogP contribution in [-0.2, 0) is 13.7 Å². The molecule has 6 nitrogen and oxygen atoms in total. The molecule has 0 radical (unpaired) electrons. The van der Waals surface area contributed by atoms with Gasteiger partial charge in [0, 0.05) is 12.6 Å². The normalized spacial score (nSPS) is 13.8. The zero-order valence-electron chi connectivity index (χ0n) is 14.3. The van der Waals surface area contributed by atoms with E-state index in [0.717, 1.165) is 22.8 Å². The molecule has 0 bridgehead atoms. The van der Waals surface area contributed by atoms with Crippen LogP contribution < -0.4 is 10.4 Å². The smallest absolute Gasteiger partial charge is 0.368 e. The SMILES string of the molecule is Cc1cc(C2CC2)ccc1OCc1ccccc1-n1nnn(C)c1=O. The van der Waals surface area contributed by atoms with Crippen molar-refractivity contribution in [2.24, 2.45) is 7.05 Å². The van der Waals surface area contributed by atoms with E-state index in [-0.39, 0.29) is 5.69 Å². The van der Waals surface area contributed by atoms with Gasteiger partial charge in [0.15, 0.2) is 0 Å². The second-order valence-electron chi connectivity index (χ2n) is 6.51. The summed E-state index contributed by atoms with van der Waals surface area (Å²) in [4.78, 5) is 12.1. The summed E-state index contributed by atoms with van der Waals surface area (Å²) in [7, 11) is 1.58. The predicted molar refractivity (Wildman–Crippen MR) is 94.1 cm³/mol. The van der Waals surface area contributed by atoms with Gasteiger partial charge >= 0.3 is 5.69 Å². The van der Waals surface area contributed by atoms with Crippen LogP contribution in [0.15, 0.2) is 47.3 Å². The molecule has 25 heavy (non-hydrogen) atoms. The highest BCUT2D eigenvalue weighted by atomic mass is 16.5. The maximum Gasteiger partial charge on any atom is 0.368 e. The fraction of sp³-hybridized carbons (Fsp3) is 0.316. The summed E-state index contributed by atoms with van der Waals surface area (Å²) in [5.74, 6) is 1.60. The molecule has 0 atom stereocenters. The number of aromatic nitrogens is 4. The summed E-state index contributed by atoms with van der Waals surface area (Å²) in [5, 5.41) is 7.69. The number of ether oxygens (including phenoxy) is 1. The molecule has 1 fully saturated rings. The Kier molecular flexibility index (Phi) is 3.87. The quantitative estimate of drug-likeness (QED) is 0.719. The Labute approximate surface area is 145 Å². The molecule has 1 aromatic heterocycles. The van der Waals surface area contributed by atoms with Gasteiger partial charge in [-0.3, -0.25) is 0 Å². The van der Waals surface area contributed by atoms with E-state index in [0.29, 0.717) is 12.3 Å². The van der Waals surface area contributed by atoms with Gasteiger partial charge in [-0.25, -0.2) is 4.79 Å². The fourth-order valence-corrected chi connectivity index (χ4v) is 2.96. The van der Waals surface area contributed by atoms with Crippen LogP contribution in [-0.4, -0.2) is 19.8 Å². The lowest BCUT2D eigenvalue weighted by atomic mass is 10.1. The zero-order valence-corrected chi connectivity index (χ0v) is 14.3. The number of hydrogen-bond donors (Lipinski definition) is 0. The number of aryl methyl sites for hydroxylation is 2. The van der Waals surface area contributed by atoms with Crippen molar-refractivity contribution in [2.75, 3.05) is 0 Å². The molecule has 4 rings (SSSR count). The highest BCUT2D eigenvalue weighted by Crippen LogP contribution is 2.41. The van der Waals surface area contributed by atoms with Crippen LogP contribution in [0, 0.1) is 6.92 Å².